The molecule has 104 heavy (non-hydrogen) atoms. The Kier molecular flexibility index (Phi) is 35.8. The number of carbonyl (C=O) groups is 12. The highest BCUT2D eigenvalue weighted by Crippen LogP contribution is 2.21. The number of aliphatic imine (C=N–C) groups is 3. The van der Waals surface area contributed by atoms with Crippen molar-refractivity contribution < 1.29 is 67.7 Å². The molecular weight excluding hydrogens is 1350 g/mol. The Balaban J connectivity index is 1.69. The maximum absolute atomic E-state index is 14.9. The Morgan fingerprint density at radius 2 is 0.846 bits per heavy atom. The third-order valence-corrected chi connectivity index (χ3v) is 16.3. The van der Waals surface area contributed by atoms with E-state index in [1.807, 2.05) is 0 Å². The SMILES string of the molecule is CC(C)[C@H](NC(=O)[C@H](CCCCN)NC(=O)[C@H](CCCN=C(N)N)NC(=O)[C@H](Cc1ccc(O)cc1)NC(=O)[C@H](CC(N)=O)NC(=O)[C@H](CCCN=C(N)N)NC(=O)[C@H](CCC(N)=O)NC(=O)[C@H](Cc1c[nH]c2ccccc12)NC(=O)[C@@H](N)Cc1ccccc1)C(=O)N[C@@H](CCCN=C(N)N)C(=O)O. The Bertz CT molecular complexity index is 3630. The van der Waals surface area contributed by atoms with Crippen LogP contribution >= 0.6 is 0 Å². The number of phenolic OH excluding ortho intramolecular Hbond substituents is 1. The van der Waals surface area contributed by atoms with Gasteiger partial charge in [0.15, 0.2) is 17.9 Å². The highest BCUT2D eigenvalue weighted by molar-refractivity contribution is 6.00. The van der Waals surface area contributed by atoms with Gasteiger partial charge in [-0.3, -0.25) is 67.7 Å². The number of aromatic nitrogens is 1. The maximum atomic E-state index is 14.9. The predicted octanol–water partition coefficient (Wildman–Crippen LogP) is -5.24. The molecule has 0 saturated carbocycles. The molecule has 32 N–H and O–H groups in total. The van der Waals surface area contributed by atoms with Gasteiger partial charge >= 0.3 is 5.97 Å². The van der Waals surface area contributed by atoms with Crippen LogP contribution in [0.2, 0.25) is 0 Å². The lowest BCUT2D eigenvalue weighted by Gasteiger charge is -2.29. The van der Waals surface area contributed by atoms with E-state index in [0.717, 1.165) is 5.56 Å². The Morgan fingerprint density at radius 3 is 1.34 bits per heavy atom. The number of carboxylic acid groups (broad SMARTS) is 1. The van der Waals surface area contributed by atoms with Crippen molar-refractivity contribution in [3.05, 3.63) is 102 Å². The third kappa shape index (κ3) is 30.7. The number of aromatic hydroxyl groups is 1. The Morgan fingerprint density at radius 1 is 0.433 bits per heavy atom. The number of hydrogen-bond acceptors (Lipinski definition) is 18. The number of guanidine groups is 3. The van der Waals surface area contributed by atoms with Gasteiger partial charge in [-0.05, 0) is 118 Å². The van der Waals surface area contributed by atoms with Crippen molar-refractivity contribution in [2.75, 3.05) is 26.2 Å². The summed E-state index contributed by atoms with van der Waals surface area (Å²) < 4.78 is 0. The second kappa shape index (κ2) is 43.9. The van der Waals surface area contributed by atoms with Crippen LogP contribution in [0.1, 0.15) is 108 Å². The Labute approximate surface area is 600 Å². The molecule has 0 aliphatic heterocycles. The molecule has 0 aliphatic carbocycles. The van der Waals surface area contributed by atoms with Gasteiger partial charge in [0.2, 0.25) is 65.0 Å². The van der Waals surface area contributed by atoms with Crippen molar-refractivity contribution in [3.63, 3.8) is 0 Å². The number of unbranched alkanes of at least 4 members (excludes halogenated alkanes) is 1. The molecule has 1 aromatic heterocycles. The minimum absolute atomic E-state index is 0.0194. The van der Waals surface area contributed by atoms with E-state index in [9.17, 15) is 67.7 Å². The summed E-state index contributed by atoms with van der Waals surface area (Å²) in [5.74, 6) is -13.8. The van der Waals surface area contributed by atoms with Crippen LogP contribution in [0.4, 0.5) is 0 Å². The molecule has 11 amide bonds. The molecule has 0 aliphatic rings. The van der Waals surface area contributed by atoms with Crippen LogP contribution in [0.25, 0.3) is 10.9 Å². The van der Waals surface area contributed by atoms with Crippen molar-refractivity contribution in [2.24, 2.45) is 78.2 Å². The highest BCUT2D eigenvalue weighted by Gasteiger charge is 2.37. The summed E-state index contributed by atoms with van der Waals surface area (Å²) in [5, 5.41) is 44.0. The van der Waals surface area contributed by atoms with E-state index < -0.39 is 163 Å². The molecule has 4 aromatic rings. The fourth-order valence-corrected chi connectivity index (χ4v) is 10.8. The van der Waals surface area contributed by atoms with E-state index in [1.54, 1.807) is 74.6 Å². The molecule has 10 atom stereocenters. The van der Waals surface area contributed by atoms with Crippen LogP contribution in [0.15, 0.2) is 100 Å². The van der Waals surface area contributed by atoms with E-state index in [2.05, 4.69) is 67.8 Å². The molecule has 0 bridgehead atoms. The number of benzene rings is 3. The number of carbonyl (C=O) groups excluding carboxylic acids is 11. The summed E-state index contributed by atoms with van der Waals surface area (Å²) in [6.07, 6.45) is -0.517. The number of H-pyrrole nitrogens is 1. The molecule has 0 spiro atoms. The van der Waals surface area contributed by atoms with Gasteiger partial charge < -0.3 is 120 Å². The van der Waals surface area contributed by atoms with Gasteiger partial charge in [-0.15, -0.1) is 0 Å². The maximum Gasteiger partial charge on any atom is 0.326 e. The molecule has 37 heteroatoms. The van der Waals surface area contributed by atoms with E-state index in [-0.39, 0.29) is 114 Å². The predicted molar refractivity (Wildman–Crippen MR) is 387 cm³/mol. The minimum atomic E-state index is -1.94. The number of fused-ring (bicyclic) bond motifs is 1. The molecule has 4 rings (SSSR count). The number of para-hydroxylation sites is 1. The number of aliphatic carboxylic acids is 1. The largest absolute Gasteiger partial charge is 0.508 e. The average Bonchev–Trinajstić information content (AvgIpc) is 1.68. The van der Waals surface area contributed by atoms with Crippen molar-refractivity contribution in [1.29, 1.82) is 0 Å². The van der Waals surface area contributed by atoms with Crippen molar-refractivity contribution in [2.45, 2.75) is 171 Å². The number of amides is 11. The lowest BCUT2D eigenvalue weighted by Crippen LogP contribution is -2.61. The van der Waals surface area contributed by atoms with Crippen LogP contribution in [0.3, 0.4) is 0 Å². The zero-order valence-corrected chi connectivity index (χ0v) is 58.3. The number of aromatic amines is 1. The number of primary amides is 2. The Hall–Kier alpha value is -11.6. The molecule has 37 nitrogen and oxygen atoms in total. The highest BCUT2D eigenvalue weighted by atomic mass is 16.4. The third-order valence-electron chi connectivity index (χ3n) is 16.3. The molecular formula is C67H101N23O14. The first-order valence-electron chi connectivity index (χ1n) is 33.9. The number of carboxylic acids is 1. The fraction of sp³-hybridized carbons (Fsp3) is 0.478. The van der Waals surface area contributed by atoms with Crippen molar-refractivity contribution >= 4 is 99.7 Å². The fourth-order valence-electron chi connectivity index (χ4n) is 10.8. The lowest BCUT2D eigenvalue weighted by molar-refractivity contribution is -0.143. The zero-order chi connectivity index (χ0) is 77.0. The molecule has 568 valence electrons. The van der Waals surface area contributed by atoms with Crippen LogP contribution < -0.4 is 105 Å². The van der Waals surface area contributed by atoms with Crippen LogP contribution in [0.5, 0.6) is 5.75 Å². The zero-order valence-electron chi connectivity index (χ0n) is 58.3. The molecule has 1 heterocycles. The summed E-state index contributed by atoms with van der Waals surface area (Å²) in [5.41, 5.74) is 58.9. The second-order valence-corrected chi connectivity index (χ2v) is 25.1. The van der Waals surface area contributed by atoms with E-state index in [0.29, 0.717) is 28.5 Å². The minimum Gasteiger partial charge on any atom is -0.508 e. The number of nitrogens with one attached hydrogen (secondary N) is 10. The first kappa shape index (κ1) is 84.8. The first-order chi connectivity index (χ1) is 49.3. The van der Waals surface area contributed by atoms with Crippen molar-refractivity contribution in [1.82, 2.24) is 52.8 Å². The molecule has 0 unspecified atom stereocenters. The van der Waals surface area contributed by atoms with Crippen molar-refractivity contribution in [3.8, 4) is 5.75 Å². The van der Waals surface area contributed by atoms with Gasteiger partial charge in [0.25, 0.3) is 0 Å². The first-order valence-corrected chi connectivity index (χ1v) is 33.9. The summed E-state index contributed by atoms with van der Waals surface area (Å²) in [6.45, 7) is 3.26. The van der Waals surface area contributed by atoms with Gasteiger partial charge in [-0.2, -0.15) is 0 Å². The second-order valence-electron chi connectivity index (χ2n) is 25.1. The molecule has 0 fully saturated rings. The molecule has 0 saturated heterocycles. The smallest absolute Gasteiger partial charge is 0.326 e. The van der Waals surface area contributed by atoms with Crippen LogP contribution in [-0.2, 0) is 76.8 Å². The summed E-state index contributed by atoms with van der Waals surface area (Å²) in [6, 6.07) is 6.18. The summed E-state index contributed by atoms with van der Waals surface area (Å²) >= 11 is 0. The number of phenols is 1. The van der Waals surface area contributed by atoms with E-state index in [4.69, 9.17) is 57.3 Å². The number of nitrogens with two attached hydrogens (primary N) is 10. The quantitative estimate of drug-likeness (QED) is 0.0112. The van der Waals surface area contributed by atoms with E-state index in [1.165, 1.54) is 24.3 Å². The molecule has 3 aromatic carbocycles. The van der Waals surface area contributed by atoms with Gasteiger partial charge in [0.05, 0.1) is 12.5 Å². The van der Waals surface area contributed by atoms with Gasteiger partial charge in [-0.25, -0.2) is 4.79 Å². The number of hydrogen-bond donors (Lipinski definition) is 22. The van der Waals surface area contributed by atoms with Gasteiger partial charge in [-0.1, -0.05) is 74.5 Å². The van der Waals surface area contributed by atoms with Gasteiger partial charge in [0.1, 0.15) is 60.1 Å². The van der Waals surface area contributed by atoms with Crippen LogP contribution in [0, 0.1) is 5.92 Å². The topological polar surface area (TPSA) is 667 Å². The average molecular weight is 1450 g/mol. The number of nitrogens with zero attached hydrogens (tertiary/aromatic N) is 3. The van der Waals surface area contributed by atoms with Crippen LogP contribution in [-0.4, -0.2) is 191 Å². The molecule has 0 radical (unpaired) electrons. The van der Waals surface area contributed by atoms with Gasteiger partial charge in [0, 0.05) is 56.0 Å². The lowest BCUT2D eigenvalue weighted by atomic mass is 10.0. The monoisotopic (exact) mass is 1450 g/mol. The number of rotatable bonds is 47. The van der Waals surface area contributed by atoms with E-state index >= 15 is 0 Å². The summed E-state index contributed by atoms with van der Waals surface area (Å²) in [4.78, 5) is 182. The normalized spacial score (nSPS) is 13.9. The standard InChI is InChI=1S/C67H101N23O14/c1-36(2)54(63(102)86-48(64(103)104)20-12-30-80-67(76)77)90-59(98)44(17-8-9-27-68)82-56(95)45(18-10-28-78-65(72)73)84-60(99)49(32-38-21-23-40(91)24-22-38)88-62(101)51(34-53(71)93)89-57(96)46(19-11-29-79-66(74)75)83-58(97)47(25-26-52(70)92)85-61(100)50(33-39-35-81-43-16-7-6-15-41(39)43)87-55(94)42(69)31-37-13-4-3-5-14-37/h3-7,13-16,21-24,35-36,42,44-51,54,81,91H,8-12,17-20,25-34,68-69H2,1-2H3,(H2,70,92)(H2,71,93)(H,82,95)(H,83,97)(H,84,99)(H,85,100)(H,86,102)(H,87,94)(H,88,101)(H,89,96)(H,90,98)(H,103,104)(H4,72,73,78)(H4,74,75,79)(H4,76,77,80)/t42-,44-,45-,46-,47-,48-,49-,50-,51-,54-/m0/s1. The summed E-state index contributed by atoms with van der Waals surface area (Å²) in [7, 11) is 0.